The second-order valence-corrected chi connectivity index (χ2v) is 4.86. The van der Waals surface area contributed by atoms with Crippen molar-refractivity contribution >= 4 is 5.91 Å². The van der Waals surface area contributed by atoms with Gasteiger partial charge in [-0.25, -0.2) is 0 Å². The lowest BCUT2D eigenvalue weighted by molar-refractivity contribution is -0.137. The zero-order chi connectivity index (χ0) is 15.8. The zero-order valence-electron chi connectivity index (χ0n) is 11.4. The molecule has 0 fully saturated rings. The molecule has 1 aromatic heterocycles. The van der Waals surface area contributed by atoms with Crippen molar-refractivity contribution in [2.75, 3.05) is 0 Å². The summed E-state index contributed by atoms with van der Waals surface area (Å²) in [6, 6.07) is 4.31. The van der Waals surface area contributed by atoms with Gasteiger partial charge in [0.15, 0.2) is 5.76 Å². The van der Waals surface area contributed by atoms with Crippen LogP contribution in [0.4, 0.5) is 13.2 Å². The molecule has 21 heavy (non-hydrogen) atoms. The van der Waals surface area contributed by atoms with E-state index in [0.29, 0.717) is 11.3 Å². The van der Waals surface area contributed by atoms with E-state index in [4.69, 9.17) is 10.3 Å². The first kappa shape index (κ1) is 15.1. The molecule has 0 bridgehead atoms. The molecule has 2 aromatic rings. The Labute approximate surface area is 118 Å². The molecule has 0 aliphatic heterocycles. The Morgan fingerprint density at radius 3 is 2.24 bits per heavy atom. The number of primary amides is 1. The van der Waals surface area contributed by atoms with Crippen LogP contribution in [0.3, 0.4) is 0 Å². The number of halogens is 3. The van der Waals surface area contributed by atoms with E-state index in [2.05, 4.69) is 5.16 Å². The topological polar surface area (TPSA) is 69.1 Å². The van der Waals surface area contributed by atoms with E-state index in [1.807, 2.05) is 0 Å². The number of hydrogen-bond donors (Lipinski definition) is 1. The molecule has 0 spiro atoms. The van der Waals surface area contributed by atoms with E-state index in [1.54, 1.807) is 13.8 Å². The Morgan fingerprint density at radius 1 is 1.24 bits per heavy atom. The average Bonchev–Trinajstić information content (AvgIpc) is 2.82. The van der Waals surface area contributed by atoms with Crippen LogP contribution in [0.25, 0.3) is 11.3 Å². The maximum absolute atomic E-state index is 12.5. The molecule has 1 amide bonds. The lowest BCUT2D eigenvalue weighted by Gasteiger charge is -2.07. The molecule has 4 nitrogen and oxygen atoms in total. The number of alkyl halides is 3. The van der Waals surface area contributed by atoms with Crippen LogP contribution < -0.4 is 5.73 Å². The molecule has 0 radical (unpaired) electrons. The third-order valence-corrected chi connectivity index (χ3v) is 2.97. The molecule has 1 heterocycles. The molecular weight excluding hydrogens is 285 g/mol. The summed E-state index contributed by atoms with van der Waals surface area (Å²) < 4.78 is 42.7. The first-order valence-corrected chi connectivity index (χ1v) is 6.18. The van der Waals surface area contributed by atoms with Crippen molar-refractivity contribution in [1.82, 2.24) is 5.16 Å². The fraction of sp³-hybridized carbons (Fsp3) is 0.286. The van der Waals surface area contributed by atoms with Crippen molar-refractivity contribution in [3.8, 4) is 11.3 Å². The maximum Gasteiger partial charge on any atom is 0.416 e. The summed E-state index contributed by atoms with van der Waals surface area (Å²) in [6.07, 6.45) is -4.42. The van der Waals surface area contributed by atoms with Gasteiger partial charge in [-0.15, -0.1) is 0 Å². The number of rotatable bonds is 3. The Balaban J connectivity index is 2.50. The van der Waals surface area contributed by atoms with Crippen LogP contribution in [-0.2, 0) is 6.18 Å². The van der Waals surface area contributed by atoms with Crippen LogP contribution in [0.15, 0.2) is 28.8 Å². The van der Waals surface area contributed by atoms with Gasteiger partial charge in [0.1, 0.15) is 11.3 Å². The van der Waals surface area contributed by atoms with Gasteiger partial charge in [-0.3, -0.25) is 4.79 Å². The average molecular weight is 298 g/mol. The highest BCUT2D eigenvalue weighted by Crippen LogP contribution is 2.33. The van der Waals surface area contributed by atoms with Crippen LogP contribution in [0, 0.1) is 0 Å². The number of amides is 1. The third kappa shape index (κ3) is 2.91. The summed E-state index contributed by atoms with van der Waals surface area (Å²) in [5, 5.41) is 3.76. The summed E-state index contributed by atoms with van der Waals surface area (Å²) in [5.74, 6) is -0.532. The van der Waals surface area contributed by atoms with Gasteiger partial charge < -0.3 is 10.3 Å². The van der Waals surface area contributed by atoms with Gasteiger partial charge in [0.25, 0.3) is 5.91 Å². The first-order valence-electron chi connectivity index (χ1n) is 6.18. The number of nitrogens with zero attached hydrogens (tertiary/aromatic N) is 1. The minimum atomic E-state index is -4.42. The van der Waals surface area contributed by atoms with Gasteiger partial charge in [0.05, 0.1) is 5.56 Å². The van der Waals surface area contributed by atoms with Crippen LogP contribution >= 0.6 is 0 Å². The van der Waals surface area contributed by atoms with Gasteiger partial charge >= 0.3 is 6.18 Å². The summed E-state index contributed by atoms with van der Waals surface area (Å²) in [5.41, 5.74) is 5.13. The number of carbonyl (C=O) groups excluding carboxylic acids is 1. The molecule has 7 heteroatoms. The maximum atomic E-state index is 12.5. The highest BCUT2D eigenvalue weighted by Gasteiger charge is 2.30. The van der Waals surface area contributed by atoms with Crippen molar-refractivity contribution < 1.29 is 22.5 Å². The van der Waals surface area contributed by atoms with Crippen molar-refractivity contribution in [2.45, 2.75) is 25.9 Å². The minimum absolute atomic E-state index is 0.102. The standard InChI is InChI=1S/C14H13F3N2O2/c1-7(2)12-10(13(18)20)11(19-21-12)8-3-5-9(6-4-8)14(15,16)17/h3-7H,1-2H3,(H2,18,20). The SMILES string of the molecule is CC(C)c1onc(-c2ccc(C(F)(F)F)cc2)c1C(N)=O. The third-order valence-electron chi connectivity index (χ3n) is 2.97. The molecule has 0 unspecified atom stereocenters. The van der Waals surface area contributed by atoms with E-state index in [-0.39, 0.29) is 17.2 Å². The van der Waals surface area contributed by atoms with Gasteiger partial charge in [0, 0.05) is 11.5 Å². The van der Waals surface area contributed by atoms with Gasteiger partial charge in [-0.1, -0.05) is 31.1 Å². The fourth-order valence-electron chi connectivity index (χ4n) is 1.95. The van der Waals surface area contributed by atoms with Gasteiger partial charge in [0.2, 0.25) is 0 Å². The Kier molecular flexibility index (Phi) is 3.76. The van der Waals surface area contributed by atoms with Crippen molar-refractivity contribution in [2.24, 2.45) is 5.73 Å². The minimum Gasteiger partial charge on any atom is -0.365 e. The Morgan fingerprint density at radius 2 is 1.81 bits per heavy atom. The van der Waals surface area contributed by atoms with Gasteiger partial charge in [-0.2, -0.15) is 13.2 Å². The molecular formula is C14H13F3N2O2. The van der Waals surface area contributed by atoms with Crippen molar-refractivity contribution in [3.63, 3.8) is 0 Å². The highest BCUT2D eigenvalue weighted by atomic mass is 19.4. The number of hydrogen-bond acceptors (Lipinski definition) is 3. The van der Waals surface area contributed by atoms with Crippen molar-refractivity contribution in [3.05, 3.63) is 41.2 Å². The summed E-state index contributed by atoms with van der Waals surface area (Å²) in [7, 11) is 0. The molecule has 0 aliphatic rings. The Hall–Kier alpha value is -2.31. The summed E-state index contributed by atoms with van der Waals surface area (Å²) in [6.45, 7) is 3.59. The number of carbonyl (C=O) groups is 1. The fourth-order valence-corrected chi connectivity index (χ4v) is 1.95. The van der Waals surface area contributed by atoms with Crippen molar-refractivity contribution in [1.29, 1.82) is 0 Å². The van der Waals surface area contributed by atoms with E-state index in [9.17, 15) is 18.0 Å². The molecule has 0 saturated carbocycles. The summed E-state index contributed by atoms with van der Waals surface area (Å²) in [4.78, 5) is 11.5. The predicted molar refractivity (Wildman–Crippen MR) is 69.5 cm³/mol. The smallest absolute Gasteiger partial charge is 0.365 e. The molecule has 1 aromatic carbocycles. The van der Waals surface area contributed by atoms with Crippen LogP contribution in [0.5, 0.6) is 0 Å². The molecule has 2 rings (SSSR count). The predicted octanol–water partition coefficient (Wildman–Crippen LogP) is 3.58. The first-order chi connectivity index (χ1) is 9.71. The zero-order valence-corrected chi connectivity index (χ0v) is 11.4. The lowest BCUT2D eigenvalue weighted by Crippen LogP contribution is -2.14. The lowest BCUT2D eigenvalue weighted by atomic mass is 10.00. The highest BCUT2D eigenvalue weighted by molar-refractivity contribution is 5.99. The Bertz CT molecular complexity index is 658. The second-order valence-electron chi connectivity index (χ2n) is 4.86. The van der Waals surface area contributed by atoms with Crippen LogP contribution in [-0.4, -0.2) is 11.1 Å². The normalized spacial score (nSPS) is 11.9. The number of benzene rings is 1. The molecule has 0 saturated heterocycles. The van der Waals surface area contributed by atoms with E-state index < -0.39 is 17.6 Å². The van der Waals surface area contributed by atoms with Crippen LogP contribution in [0.2, 0.25) is 0 Å². The van der Waals surface area contributed by atoms with Gasteiger partial charge in [-0.05, 0) is 12.1 Å². The molecule has 2 N–H and O–H groups in total. The van der Waals surface area contributed by atoms with Crippen LogP contribution in [0.1, 0.15) is 41.4 Å². The quantitative estimate of drug-likeness (QED) is 0.941. The van der Waals surface area contributed by atoms with E-state index >= 15 is 0 Å². The monoisotopic (exact) mass is 298 g/mol. The number of nitrogens with two attached hydrogens (primary N) is 1. The molecule has 0 aliphatic carbocycles. The molecule has 0 atom stereocenters. The van der Waals surface area contributed by atoms with E-state index in [0.717, 1.165) is 12.1 Å². The molecule has 112 valence electrons. The largest absolute Gasteiger partial charge is 0.416 e. The second kappa shape index (κ2) is 5.23. The van der Waals surface area contributed by atoms with E-state index in [1.165, 1.54) is 12.1 Å². The number of aromatic nitrogens is 1. The summed E-state index contributed by atoms with van der Waals surface area (Å²) >= 11 is 0.